The van der Waals surface area contributed by atoms with E-state index in [4.69, 9.17) is 4.42 Å². The number of nitrogens with zero attached hydrogens (tertiary/aromatic N) is 1. The molecule has 0 aliphatic carbocycles. The largest absolute Gasteiger partial charge is 0.467 e. The van der Waals surface area contributed by atoms with Crippen LogP contribution >= 0.6 is 0 Å². The molecule has 0 bridgehead atoms. The fourth-order valence-electron chi connectivity index (χ4n) is 1.99. The van der Waals surface area contributed by atoms with E-state index >= 15 is 0 Å². The number of benzene rings is 1. The Morgan fingerprint density at radius 1 is 1.33 bits per heavy atom. The molecule has 96 valence electrons. The van der Waals surface area contributed by atoms with Crippen LogP contribution in [0, 0.1) is 5.82 Å². The Labute approximate surface area is 105 Å². The first kappa shape index (κ1) is 12.6. The van der Waals surface area contributed by atoms with Crippen molar-refractivity contribution in [2.75, 3.05) is 11.9 Å². The number of aliphatic hydroxyl groups excluding tert-OH is 1. The third kappa shape index (κ3) is 2.54. The number of anilines is 1. The van der Waals surface area contributed by atoms with Crippen LogP contribution in [-0.4, -0.2) is 12.2 Å². The molecule has 1 N–H and O–H groups in total. The monoisotopic (exact) mass is 249 g/mol. The van der Waals surface area contributed by atoms with Crippen LogP contribution in [0.3, 0.4) is 0 Å². The number of rotatable bonds is 4. The molecule has 0 spiro atoms. The molecule has 0 aliphatic rings. The third-order valence-electron chi connectivity index (χ3n) is 2.83. The van der Waals surface area contributed by atoms with Crippen molar-refractivity contribution in [3.05, 3.63) is 53.7 Å². The molecule has 1 atom stereocenters. The van der Waals surface area contributed by atoms with Gasteiger partial charge in [-0.3, -0.25) is 0 Å². The minimum atomic E-state index is -0.847. The van der Waals surface area contributed by atoms with Crippen molar-refractivity contribution in [2.45, 2.75) is 19.6 Å². The van der Waals surface area contributed by atoms with Gasteiger partial charge in [0.05, 0.1) is 18.9 Å². The van der Waals surface area contributed by atoms with Gasteiger partial charge in [-0.2, -0.15) is 0 Å². The number of halogens is 1. The highest BCUT2D eigenvalue weighted by Gasteiger charge is 2.16. The van der Waals surface area contributed by atoms with E-state index in [1.54, 1.807) is 25.3 Å². The molecular weight excluding hydrogens is 233 g/mol. The van der Waals surface area contributed by atoms with Gasteiger partial charge in [-0.15, -0.1) is 0 Å². The molecule has 0 amide bonds. The van der Waals surface area contributed by atoms with E-state index in [0.29, 0.717) is 17.8 Å². The van der Waals surface area contributed by atoms with Gasteiger partial charge in [0, 0.05) is 18.3 Å². The molecule has 1 aromatic heterocycles. The van der Waals surface area contributed by atoms with Crippen LogP contribution in [0.2, 0.25) is 0 Å². The topological polar surface area (TPSA) is 36.6 Å². The summed E-state index contributed by atoms with van der Waals surface area (Å²) in [4.78, 5) is 1.85. The van der Waals surface area contributed by atoms with Crippen LogP contribution in [0.4, 0.5) is 10.1 Å². The molecule has 3 nitrogen and oxygen atoms in total. The zero-order chi connectivity index (χ0) is 13.1. The third-order valence-corrected chi connectivity index (χ3v) is 2.83. The molecule has 0 saturated carbocycles. The van der Waals surface area contributed by atoms with E-state index in [1.807, 2.05) is 24.1 Å². The number of hydrogen-bond acceptors (Lipinski definition) is 3. The Bertz CT molecular complexity index is 509. The van der Waals surface area contributed by atoms with Crippen LogP contribution in [0.1, 0.15) is 24.4 Å². The van der Waals surface area contributed by atoms with Gasteiger partial charge < -0.3 is 14.4 Å². The molecule has 18 heavy (non-hydrogen) atoms. The van der Waals surface area contributed by atoms with E-state index < -0.39 is 11.9 Å². The average Bonchev–Trinajstić information content (AvgIpc) is 2.80. The molecule has 2 aromatic rings. The van der Waals surface area contributed by atoms with Crippen LogP contribution < -0.4 is 4.90 Å². The normalized spacial score (nSPS) is 12.4. The van der Waals surface area contributed by atoms with Crippen molar-refractivity contribution in [3.63, 3.8) is 0 Å². The van der Waals surface area contributed by atoms with Crippen molar-refractivity contribution in [3.8, 4) is 0 Å². The zero-order valence-corrected chi connectivity index (χ0v) is 10.4. The summed E-state index contributed by atoms with van der Waals surface area (Å²) < 4.78 is 19.0. The predicted octanol–water partition coefficient (Wildman–Crippen LogP) is 3.11. The van der Waals surface area contributed by atoms with Crippen LogP contribution in [0.25, 0.3) is 0 Å². The highest BCUT2D eigenvalue weighted by Crippen LogP contribution is 2.29. The highest BCUT2D eigenvalue weighted by molar-refractivity contribution is 5.54. The average molecular weight is 249 g/mol. The Morgan fingerprint density at radius 2 is 2.11 bits per heavy atom. The van der Waals surface area contributed by atoms with Crippen molar-refractivity contribution in [2.24, 2.45) is 0 Å². The Kier molecular flexibility index (Phi) is 3.67. The van der Waals surface area contributed by atoms with E-state index in [9.17, 15) is 9.50 Å². The smallest absolute Gasteiger partial charge is 0.131 e. The van der Waals surface area contributed by atoms with Gasteiger partial charge in [-0.05, 0) is 31.2 Å². The maximum Gasteiger partial charge on any atom is 0.131 e. The van der Waals surface area contributed by atoms with Gasteiger partial charge >= 0.3 is 0 Å². The highest BCUT2D eigenvalue weighted by atomic mass is 19.1. The molecule has 1 aromatic carbocycles. The maximum atomic E-state index is 13.7. The van der Waals surface area contributed by atoms with Gasteiger partial charge in [0.15, 0.2) is 0 Å². The number of furan rings is 1. The molecular formula is C14H16FNO2. The zero-order valence-electron chi connectivity index (χ0n) is 10.4. The summed E-state index contributed by atoms with van der Waals surface area (Å²) in [5.74, 6) is 0.395. The standard InChI is InChI=1S/C14H16FNO2/c1-10(17)14-12(15)6-3-7-13(14)16(2)9-11-5-4-8-18-11/h3-8,10,17H,9H2,1-2H3. The second kappa shape index (κ2) is 5.23. The Morgan fingerprint density at radius 3 is 2.72 bits per heavy atom. The van der Waals surface area contributed by atoms with Gasteiger partial charge in [0.1, 0.15) is 11.6 Å². The van der Waals surface area contributed by atoms with Crippen LogP contribution in [0.5, 0.6) is 0 Å². The summed E-state index contributed by atoms with van der Waals surface area (Å²) in [6.07, 6.45) is 0.755. The molecule has 1 unspecified atom stereocenters. The summed E-state index contributed by atoms with van der Waals surface area (Å²) in [7, 11) is 1.84. The summed E-state index contributed by atoms with van der Waals surface area (Å²) >= 11 is 0. The second-order valence-corrected chi connectivity index (χ2v) is 4.28. The Balaban J connectivity index is 2.29. The first-order valence-corrected chi connectivity index (χ1v) is 5.79. The lowest BCUT2D eigenvalue weighted by Crippen LogP contribution is -2.19. The number of aliphatic hydroxyl groups is 1. The first-order chi connectivity index (χ1) is 8.59. The summed E-state index contributed by atoms with van der Waals surface area (Å²) in [6.45, 7) is 2.08. The first-order valence-electron chi connectivity index (χ1n) is 5.79. The molecule has 2 rings (SSSR count). The minimum Gasteiger partial charge on any atom is -0.467 e. The molecule has 0 aliphatic heterocycles. The van der Waals surface area contributed by atoms with Crippen LogP contribution in [0.15, 0.2) is 41.0 Å². The van der Waals surface area contributed by atoms with E-state index in [2.05, 4.69) is 0 Å². The minimum absolute atomic E-state index is 0.312. The predicted molar refractivity (Wildman–Crippen MR) is 67.8 cm³/mol. The van der Waals surface area contributed by atoms with Crippen LogP contribution in [-0.2, 0) is 6.54 Å². The summed E-state index contributed by atoms with van der Waals surface area (Å²) in [6, 6.07) is 8.44. The van der Waals surface area contributed by atoms with Gasteiger partial charge in [0.2, 0.25) is 0 Å². The fourth-order valence-corrected chi connectivity index (χ4v) is 1.99. The molecule has 0 saturated heterocycles. The lowest BCUT2D eigenvalue weighted by molar-refractivity contribution is 0.194. The molecule has 4 heteroatoms. The lowest BCUT2D eigenvalue weighted by atomic mass is 10.1. The quantitative estimate of drug-likeness (QED) is 0.904. The summed E-state index contributed by atoms with van der Waals surface area (Å²) in [5.41, 5.74) is 0.980. The molecule has 0 radical (unpaired) electrons. The van der Waals surface area contributed by atoms with Gasteiger partial charge in [-0.25, -0.2) is 4.39 Å². The van der Waals surface area contributed by atoms with Crippen molar-refractivity contribution < 1.29 is 13.9 Å². The van der Waals surface area contributed by atoms with Gasteiger partial charge in [-0.1, -0.05) is 6.07 Å². The van der Waals surface area contributed by atoms with E-state index in [1.165, 1.54) is 6.07 Å². The fraction of sp³-hybridized carbons (Fsp3) is 0.286. The number of hydrogen-bond donors (Lipinski definition) is 1. The summed E-state index contributed by atoms with van der Waals surface area (Å²) in [5, 5.41) is 9.67. The second-order valence-electron chi connectivity index (χ2n) is 4.28. The van der Waals surface area contributed by atoms with E-state index in [0.717, 1.165) is 5.76 Å². The SMILES string of the molecule is CC(O)c1c(F)cccc1N(C)Cc1ccco1. The molecule has 1 heterocycles. The van der Waals surface area contributed by atoms with E-state index in [-0.39, 0.29) is 0 Å². The molecule has 0 fully saturated rings. The Hall–Kier alpha value is -1.81. The van der Waals surface area contributed by atoms with Gasteiger partial charge in [0.25, 0.3) is 0 Å². The lowest BCUT2D eigenvalue weighted by Gasteiger charge is -2.23. The van der Waals surface area contributed by atoms with Crippen molar-refractivity contribution >= 4 is 5.69 Å². The van der Waals surface area contributed by atoms with Crippen molar-refractivity contribution in [1.29, 1.82) is 0 Å². The maximum absolute atomic E-state index is 13.7. The van der Waals surface area contributed by atoms with Crippen molar-refractivity contribution in [1.82, 2.24) is 0 Å².